The number of carbonyl (C=O) groups excluding carboxylic acids is 1. The van der Waals surface area contributed by atoms with E-state index in [-0.39, 0.29) is 5.76 Å². The third-order valence-electron chi connectivity index (χ3n) is 2.55. The first-order valence-electron chi connectivity index (χ1n) is 5.68. The van der Waals surface area contributed by atoms with E-state index in [2.05, 4.69) is 5.43 Å². The van der Waals surface area contributed by atoms with Crippen LogP contribution in [-0.4, -0.2) is 5.91 Å². The lowest BCUT2D eigenvalue weighted by atomic mass is 10.2. The van der Waals surface area contributed by atoms with Gasteiger partial charge in [-0.25, -0.2) is 5.84 Å². The predicted molar refractivity (Wildman–Crippen MR) is 75.5 cm³/mol. The number of nitrogens with two attached hydrogens (primary N) is 2. The molecule has 0 aliphatic carbocycles. The molecule has 1 amide bonds. The smallest absolute Gasteiger partial charge is 0.301 e. The zero-order chi connectivity index (χ0) is 13.8. The van der Waals surface area contributed by atoms with Crippen molar-refractivity contribution in [1.82, 2.24) is 5.43 Å². The molecule has 1 aromatic heterocycles. The SMILES string of the molecule is Cc1cc(CSc2cccc(N)c2)oc1C(=O)NN. The van der Waals surface area contributed by atoms with E-state index < -0.39 is 5.91 Å². The Balaban J connectivity index is 2.06. The van der Waals surface area contributed by atoms with E-state index >= 15 is 0 Å². The van der Waals surface area contributed by atoms with E-state index in [9.17, 15) is 4.79 Å². The average molecular weight is 277 g/mol. The molecule has 0 atom stereocenters. The number of hydrogen-bond acceptors (Lipinski definition) is 5. The molecular formula is C13H15N3O2S. The molecule has 5 nitrogen and oxygen atoms in total. The first-order chi connectivity index (χ1) is 9.10. The second-order valence-corrected chi connectivity index (χ2v) is 5.11. The van der Waals surface area contributed by atoms with Crippen LogP contribution in [0.1, 0.15) is 21.9 Å². The summed E-state index contributed by atoms with van der Waals surface area (Å²) in [5, 5.41) is 0. The number of furan rings is 1. The number of thioether (sulfide) groups is 1. The summed E-state index contributed by atoms with van der Waals surface area (Å²) in [7, 11) is 0. The highest BCUT2D eigenvalue weighted by atomic mass is 32.2. The van der Waals surface area contributed by atoms with Crippen LogP contribution in [0.2, 0.25) is 0 Å². The minimum Gasteiger partial charge on any atom is -0.455 e. The molecule has 19 heavy (non-hydrogen) atoms. The zero-order valence-electron chi connectivity index (χ0n) is 10.5. The number of rotatable bonds is 4. The van der Waals surface area contributed by atoms with Crippen molar-refractivity contribution in [1.29, 1.82) is 0 Å². The highest BCUT2D eigenvalue weighted by Gasteiger charge is 2.14. The van der Waals surface area contributed by atoms with Gasteiger partial charge in [0, 0.05) is 16.1 Å². The fourth-order valence-electron chi connectivity index (χ4n) is 1.67. The summed E-state index contributed by atoms with van der Waals surface area (Å²) >= 11 is 1.59. The molecule has 0 saturated carbocycles. The van der Waals surface area contributed by atoms with Crippen LogP contribution in [0.4, 0.5) is 5.69 Å². The minimum atomic E-state index is -0.419. The summed E-state index contributed by atoms with van der Waals surface area (Å²) < 4.78 is 5.47. The van der Waals surface area contributed by atoms with E-state index in [1.165, 1.54) is 0 Å². The molecule has 100 valence electrons. The minimum absolute atomic E-state index is 0.255. The lowest BCUT2D eigenvalue weighted by Gasteiger charge is -2.00. The number of carbonyl (C=O) groups is 1. The Morgan fingerprint density at radius 2 is 2.21 bits per heavy atom. The molecule has 0 aliphatic rings. The lowest BCUT2D eigenvalue weighted by molar-refractivity contribution is 0.0923. The van der Waals surface area contributed by atoms with E-state index in [0.717, 1.165) is 21.9 Å². The molecule has 1 heterocycles. The van der Waals surface area contributed by atoms with Crippen LogP contribution in [0.25, 0.3) is 0 Å². The van der Waals surface area contributed by atoms with Gasteiger partial charge < -0.3 is 10.2 Å². The number of aryl methyl sites for hydroxylation is 1. The van der Waals surface area contributed by atoms with Crippen molar-refractivity contribution < 1.29 is 9.21 Å². The fraction of sp³-hybridized carbons (Fsp3) is 0.154. The van der Waals surface area contributed by atoms with Crippen LogP contribution >= 0.6 is 11.8 Å². The predicted octanol–water partition coefficient (Wildman–Crippen LogP) is 2.07. The Labute approximate surface area is 115 Å². The number of nitrogen functional groups attached to an aromatic ring is 2. The Morgan fingerprint density at radius 3 is 2.89 bits per heavy atom. The molecule has 0 unspecified atom stereocenters. The van der Waals surface area contributed by atoms with Crippen LogP contribution in [0, 0.1) is 6.92 Å². The van der Waals surface area contributed by atoms with Gasteiger partial charge in [0.05, 0.1) is 5.75 Å². The highest BCUT2D eigenvalue weighted by molar-refractivity contribution is 7.98. The molecule has 2 aromatic rings. The molecule has 2 rings (SSSR count). The van der Waals surface area contributed by atoms with Crippen molar-refractivity contribution in [3.63, 3.8) is 0 Å². The van der Waals surface area contributed by atoms with Crippen molar-refractivity contribution in [2.75, 3.05) is 5.73 Å². The van der Waals surface area contributed by atoms with Crippen molar-refractivity contribution in [2.45, 2.75) is 17.6 Å². The molecular weight excluding hydrogens is 262 g/mol. The van der Waals surface area contributed by atoms with Crippen molar-refractivity contribution in [3.8, 4) is 0 Å². The van der Waals surface area contributed by atoms with Crippen LogP contribution in [0.15, 0.2) is 39.6 Å². The molecule has 0 spiro atoms. The van der Waals surface area contributed by atoms with Gasteiger partial charge >= 0.3 is 5.91 Å². The summed E-state index contributed by atoms with van der Waals surface area (Å²) in [5.74, 6) is 6.27. The van der Waals surface area contributed by atoms with E-state index in [1.54, 1.807) is 11.8 Å². The Bertz CT molecular complexity index is 595. The second kappa shape index (κ2) is 5.81. The number of benzene rings is 1. The summed E-state index contributed by atoms with van der Waals surface area (Å²) in [5.41, 5.74) is 9.27. The number of hydrazine groups is 1. The number of hydrogen-bond donors (Lipinski definition) is 3. The standard InChI is InChI=1S/C13H15N3O2S/c1-8-5-10(18-12(8)13(17)16-15)7-19-11-4-2-3-9(14)6-11/h2-6H,7,14-15H2,1H3,(H,16,17). The molecule has 0 radical (unpaired) electrons. The van der Waals surface area contributed by atoms with Crippen LogP contribution in [0.3, 0.4) is 0 Å². The van der Waals surface area contributed by atoms with Crippen molar-refractivity contribution in [2.24, 2.45) is 5.84 Å². The Morgan fingerprint density at radius 1 is 1.42 bits per heavy atom. The van der Waals surface area contributed by atoms with Crippen LogP contribution in [0.5, 0.6) is 0 Å². The maximum absolute atomic E-state index is 11.4. The average Bonchev–Trinajstić information content (AvgIpc) is 2.77. The van der Waals surface area contributed by atoms with Gasteiger partial charge in [0.2, 0.25) is 0 Å². The first kappa shape index (κ1) is 13.5. The third kappa shape index (κ3) is 3.30. The molecule has 0 saturated heterocycles. The number of amides is 1. The van der Waals surface area contributed by atoms with Crippen LogP contribution < -0.4 is 17.0 Å². The van der Waals surface area contributed by atoms with Gasteiger partial charge in [0.1, 0.15) is 5.76 Å². The lowest BCUT2D eigenvalue weighted by Crippen LogP contribution is -2.30. The molecule has 0 bridgehead atoms. The topological polar surface area (TPSA) is 94.3 Å². The maximum atomic E-state index is 11.4. The van der Waals surface area contributed by atoms with Crippen molar-refractivity contribution >= 4 is 23.4 Å². The molecule has 1 aromatic carbocycles. The van der Waals surface area contributed by atoms with Gasteiger partial charge in [0.25, 0.3) is 0 Å². The summed E-state index contributed by atoms with van der Waals surface area (Å²) in [6.45, 7) is 1.81. The van der Waals surface area contributed by atoms with Gasteiger partial charge in [-0.15, -0.1) is 11.8 Å². The molecule has 0 aliphatic heterocycles. The van der Waals surface area contributed by atoms with Gasteiger partial charge in [-0.05, 0) is 31.2 Å². The summed E-state index contributed by atoms with van der Waals surface area (Å²) in [6.07, 6.45) is 0. The highest BCUT2D eigenvalue weighted by Crippen LogP contribution is 2.26. The van der Waals surface area contributed by atoms with E-state index in [0.29, 0.717) is 5.75 Å². The monoisotopic (exact) mass is 277 g/mol. The second-order valence-electron chi connectivity index (χ2n) is 4.06. The van der Waals surface area contributed by atoms with Gasteiger partial charge in [-0.2, -0.15) is 0 Å². The number of nitrogens with one attached hydrogen (secondary N) is 1. The quantitative estimate of drug-likeness (QED) is 0.261. The maximum Gasteiger partial charge on any atom is 0.301 e. The molecule has 0 fully saturated rings. The Kier molecular flexibility index (Phi) is 4.13. The zero-order valence-corrected chi connectivity index (χ0v) is 11.3. The number of anilines is 1. The third-order valence-corrected chi connectivity index (χ3v) is 3.56. The van der Waals surface area contributed by atoms with E-state index in [1.807, 2.05) is 37.3 Å². The van der Waals surface area contributed by atoms with E-state index in [4.69, 9.17) is 16.0 Å². The van der Waals surface area contributed by atoms with Gasteiger partial charge in [0.15, 0.2) is 5.76 Å². The molecule has 6 heteroatoms. The fourth-order valence-corrected chi connectivity index (χ4v) is 2.51. The van der Waals surface area contributed by atoms with Gasteiger partial charge in [-0.3, -0.25) is 10.2 Å². The summed E-state index contributed by atoms with van der Waals surface area (Å²) in [6, 6.07) is 9.45. The largest absolute Gasteiger partial charge is 0.455 e. The summed E-state index contributed by atoms with van der Waals surface area (Å²) in [4.78, 5) is 12.5. The first-order valence-corrected chi connectivity index (χ1v) is 6.67. The Hall–Kier alpha value is -1.92. The molecule has 5 N–H and O–H groups in total. The van der Waals surface area contributed by atoms with Gasteiger partial charge in [-0.1, -0.05) is 6.07 Å². The van der Waals surface area contributed by atoms with Crippen LogP contribution in [-0.2, 0) is 5.75 Å². The van der Waals surface area contributed by atoms with Crippen molar-refractivity contribution in [3.05, 3.63) is 47.4 Å². The normalized spacial score (nSPS) is 10.4.